The molecule has 0 heterocycles. The normalized spacial score (nSPS) is 23.1. The number of nitrogens with one attached hydrogen (secondary N) is 1. The molecule has 1 aromatic rings. The minimum absolute atomic E-state index is 0.145. The van der Waals surface area contributed by atoms with Crippen LogP contribution in [0.25, 0.3) is 0 Å². The molecule has 1 aliphatic rings. The van der Waals surface area contributed by atoms with Crippen LogP contribution in [0.1, 0.15) is 38.2 Å². The number of rotatable bonds is 6. The summed E-state index contributed by atoms with van der Waals surface area (Å²) in [7, 11) is -2.89. The van der Waals surface area contributed by atoms with Crippen LogP contribution in [0.4, 0.5) is 0 Å². The van der Waals surface area contributed by atoms with Crippen LogP contribution in [0.2, 0.25) is 0 Å². The van der Waals surface area contributed by atoms with Gasteiger partial charge in [0.1, 0.15) is 9.84 Å². The van der Waals surface area contributed by atoms with Gasteiger partial charge in [-0.1, -0.05) is 25.5 Å². The Labute approximate surface area is 132 Å². The van der Waals surface area contributed by atoms with Gasteiger partial charge in [0.2, 0.25) is 0 Å². The molecular weight excluding hydrogens is 302 g/mol. The van der Waals surface area contributed by atoms with E-state index < -0.39 is 9.84 Å². The maximum Gasteiger partial charge on any atom is 0.150 e. The van der Waals surface area contributed by atoms with E-state index in [-0.39, 0.29) is 5.25 Å². The van der Waals surface area contributed by atoms with Crippen molar-refractivity contribution < 1.29 is 8.42 Å². The van der Waals surface area contributed by atoms with E-state index in [4.69, 9.17) is 0 Å². The Morgan fingerprint density at radius 3 is 2.86 bits per heavy atom. The monoisotopic (exact) mass is 327 g/mol. The quantitative estimate of drug-likeness (QED) is 0.871. The first kappa shape index (κ1) is 16.8. The van der Waals surface area contributed by atoms with Crippen LogP contribution in [0, 0.1) is 0 Å². The van der Waals surface area contributed by atoms with Crippen molar-refractivity contribution >= 4 is 21.6 Å². The average molecular weight is 328 g/mol. The van der Waals surface area contributed by atoms with Crippen LogP contribution in [0.3, 0.4) is 0 Å². The highest BCUT2D eigenvalue weighted by Crippen LogP contribution is 2.36. The fraction of sp³-hybridized carbons (Fsp3) is 0.625. The van der Waals surface area contributed by atoms with Crippen molar-refractivity contribution in [2.45, 2.75) is 54.5 Å². The van der Waals surface area contributed by atoms with Crippen molar-refractivity contribution in [2.75, 3.05) is 12.8 Å². The van der Waals surface area contributed by atoms with Crippen molar-refractivity contribution in [1.29, 1.82) is 0 Å². The molecule has 0 amide bonds. The molecule has 0 bridgehead atoms. The zero-order chi connectivity index (χ0) is 15.3. The number of benzene rings is 1. The SMILES string of the molecule is CCNCc1cccc(SC2CCCC(S(C)(=O)=O)C2)c1. The fourth-order valence-corrected chi connectivity index (χ4v) is 5.46. The van der Waals surface area contributed by atoms with Crippen LogP contribution in [0.15, 0.2) is 29.2 Å². The van der Waals surface area contributed by atoms with Gasteiger partial charge in [-0.05, 0) is 43.5 Å². The second kappa shape index (κ2) is 7.65. The van der Waals surface area contributed by atoms with E-state index in [0.29, 0.717) is 5.25 Å². The van der Waals surface area contributed by atoms with E-state index in [9.17, 15) is 8.42 Å². The summed E-state index contributed by atoms with van der Waals surface area (Å²) in [6.45, 7) is 3.96. The maximum absolute atomic E-state index is 11.7. The molecule has 2 unspecified atom stereocenters. The lowest BCUT2D eigenvalue weighted by Gasteiger charge is -2.27. The van der Waals surface area contributed by atoms with Crippen molar-refractivity contribution in [2.24, 2.45) is 0 Å². The van der Waals surface area contributed by atoms with E-state index in [2.05, 4.69) is 36.5 Å². The Hall–Kier alpha value is -0.520. The van der Waals surface area contributed by atoms with Crippen LogP contribution in [-0.2, 0) is 16.4 Å². The first-order valence-corrected chi connectivity index (χ1v) is 10.5. The Morgan fingerprint density at radius 2 is 2.14 bits per heavy atom. The molecule has 1 N–H and O–H groups in total. The number of sulfone groups is 1. The van der Waals surface area contributed by atoms with Crippen molar-refractivity contribution in [3.8, 4) is 0 Å². The summed E-state index contributed by atoms with van der Waals surface area (Å²) in [5.41, 5.74) is 1.29. The molecule has 0 spiro atoms. The summed E-state index contributed by atoms with van der Waals surface area (Å²) in [5, 5.41) is 3.61. The molecule has 0 saturated heterocycles. The average Bonchev–Trinajstić information content (AvgIpc) is 2.45. The Bertz CT molecular complexity index is 557. The first-order valence-electron chi connectivity index (χ1n) is 7.64. The predicted molar refractivity (Wildman–Crippen MR) is 90.6 cm³/mol. The van der Waals surface area contributed by atoms with Gasteiger partial charge in [-0.3, -0.25) is 0 Å². The molecule has 118 valence electrons. The lowest BCUT2D eigenvalue weighted by atomic mass is 10.00. The zero-order valence-electron chi connectivity index (χ0n) is 12.8. The summed E-state index contributed by atoms with van der Waals surface area (Å²) in [6.07, 6.45) is 5.14. The lowest BCUT2D eigenvalue weighted by molar-refractivity contribution is 0.495. The summed E-state index contributed by atoms with van der Waals surface area (Å²) in [5.74, 6) is 0. The minimum Gasteiger partial charge on any atom is -0.313 e. The molecule has 3 nitrogen and oxygen atoms in total. The lowest BCUT2D eigenvalue weighted by Crippen LogP contribution is -2.28. The third-order valence-electron chi connectivity index (χ3n) is 3.96. The van der Waals surface area contributed by atoms with Gasteiger partial charge in [0.05, 0.1) is 5.25 Å². The third-order valence-corrected chi connectivity index (χ3v) is 6.89. The van der Waals surface area contributed by atoms with Gasteiger partial charge < -0.3 is 5.32 Å². The molecule has 1 saturated carbocycles. The standard InChI is InChI=1S/C16H25NO2S2/c1-3-17-12-13-6-4-7-14(10-13)20-15-8-5-9-16(11-15)21(2,18)19/h4,6-7,10,15-17H,3,5,8-9,11-12H2,1-2H3. The zero-order valence-corrected chi connectivity index (χ0v) is 14.5. The number of thioether (sulfide) groups is 1. The first-order chi connectivity index (χ1) is 9.99. The highest BCUT2D eigenvalue weighted by Gasteiger charge is 2.29. The summed E-state index contributed by atoms with van der Waals surface area (Å²) in [4.78, 5) is 1.25. The molecule has 21 heavy (non-hydrogen) atoms. The Balaban J connectivity index is 1.97. The highest BCUT2D eigenvalue weighted by atomic mass is 32.2. The molecule has 2 rings (SSSR count). The number of hydrogen-bond donors (Lipinski definition) is 1. The van der Waals surface area contributed by atoms with Crippen LogP contribution in [-0.4, -0.2) is 31.7 Å². The fourth-order valence-electron chi connectivity index (χ4n) is 2.79. The van der Waals surface area contributed by atoms with Crippen molar-refractivity contribution in [1.82, 2.24) is 5.32 Å². The van der Waals surface area contributed by atoms with Gasteiger partial charge >= 0.3 is 0 Å². The molecule has 0 aromatic heterocycles. The van der Waals surface area contributed by atoms with Crippen LogP contribution >= 0.6 is 11.8 Å². The summed E-state index contributed by atoms with van der Waals surface area (Å²) < 4.78 is 23.5. The maximum atomic E-state index is 11.7. The van der Waals surface area contributed by atoms with Gasteiger partial charge in [0.15, 0.2) is 0 Å². The third kappa shape index (κ3) is 5.31. The smallest absolute Gasteiger partial charge is 0.150 e. The van der Waals surface area contributed by atoms with Crippen LogP contribution in [0.5, 0.6) is 0 Å². The Kier molecular flexibility index (Phi) is 6.14. The second-order valence-corrected chi connectivity index (χ2v) is 9.49. The van der Waals surface area contributed by atoms with E-state index in [1.807, 2.05) is 11.8 Å². The van der Waals surface area contributed by atoms with Gasteiger partial charge in [-0.15, -0.1) is 11.8 Å². The molecule has 1 fully saturated rings. The largest absolute Gasteiger partial charge is 0.313 e. The summed E-state index contributed by atoms with van der Waals surface area (Å²) in [6, 6.07) is 8.57. The predicted octanol–water partition coefficient (Wildman–Crippen LogP) is 3.24. The van der Waals surface area contributed by atoms with E-state index >= 15 is 0 Å². The van der Waals surface area contributed by atoms with E-state index in [1.54, 1.807) is 0 Å². The number of hydrogen-bond acceptors (Lipinski definition) is 4. The molecule has 0 aliphatic heterocycles. The van der Waals surface area contributed by atoms with Crippen molar-refractivity contribution in [3.05, 3.63) is 29.8 Å². The molecule has 5 heteroatoms. The van der Waals surface area contributed by atoms with Gasteiger partial charge in [-0.25, -0.2) is 8.42 Å². The minimum atomic E-state index is -2.89. The topological polar surface area (TPSA) is 46.2 Å². The summed E-state index contributed by atoms with van der Waals surface area (Å²) >= 11 is 1.84. The molecular formula is C16H25NO2S2. The molecule has 1 aromatic carbocycles. The molecule has 0 radical (unpaired) electrons. The van der Waals surface area contributed by atoms with E-state index in [0.717, 1.165) is 38.8 Å². The molecule has 2 atom stereocenters. The van der Waals surface area contributed by atoms with Gasteiger partial charge in [0.25, 0.3) is 0 Å². The molecule has 1 aliphatic carbocycles. The van der Waals surface area contributed by atoms with E-state index in [1.165, 1.54) is 16.7 Å². The van der Waals surface area contributed by atoms with Crippen LogP contribution < -0.4 is 5.32 Å². The van der Waals surface area contributed by atoms with Crippen molar-refractivity contribution in [3.63, 3.8) is 0 Å². The van der Waals surface area contributed by atoms with Gasteiger partial charge in [-0.2, -0.15) is 0 Å². The highest BCUT2D eigenvalue weighted by molar-refractivity contribution is 8.00. The van der Waals surface area contributed by atoms with Gasteiger partial charge in [0, 0.05) is 22.9 Å². The second-order valence-electron chi connectivity index (χ2n) is 5.79. The Morgan fingerprint density at radius 1 is 1.33 bits per heavy atom.